The summed E-state index contributed by atoms with van der Waals surface area (Å²) in [6, 6.07) is 17.9. The molecule has 2 N–H and O–H groups in total. The summed E-state index contributed by atoms with van der Waals surface area (Å²) in [5.74, 6) is -0.325. The summed E-state index contributed by atoms with van der Waals surface area (Å²) in [5.41, 5.74) is 1.91. The van der Waals surface area contributed by atoms with E-state index in [-0.39, 0.29) is 42.4 Å². The fraction of sp³-hybridized carbons (Fsp3) is 0.222. The Labute approximate surface area is 224 Å². The lowest BCUT2D eigenvalue weighted by atomic mass is 10.0. The lowest BCUT2D eigenvalue weighted by Gasteiger charge is -2.40. The molecule has 9 nitrogen and oxygen atoms in total. The van der Waals surface area contributed by atoms with Gasteiger partial charge in [0.05, 0.1) is 16.3 Å². The summed E-state index contributed by atoms with van der Waals surface area (Å²) in [4.78, 5) is 14.4. The van der Waals surface area contributed by atoms with Crippen molar-refractivity contribution in [2.75, 3.05) is 18.0 Å². The summed E-state index contributed by atoms with van der Waals surface area (Å²) in [7, 11) is -3.89. The molecule has 196 valence electrons. The molecule has 0 radical (unpaired) electrons. The minimum atomic E-state index is -3.89. The Balaban J connectivity index is 1.30. The third-order valence-electron chi connectivity index (χ3n) is 7.24. The molecule has 1 aromatic heterocycles. The number of rotatable bonds is 4. The van der Waals surface area contributed by atoms with Gasteiger partial charge in [-0.05, 0) is 37.1 Å². The summed E-state index contributed by atoms with van der Waals surface area (Å²) in [5, 5.41) is 22.0. The minimum absolute atomic E-state index is 0.110. The Morgan fingerprint density at radius 1 is 0.842 bits per heavy atom. The first-order chi connectivity index (χ1) is 18.3. The molecule has 0 unspecified atom stereocenters. The molecule has 2 aliphatic heterocycles. The first-order valence-corrected chi connectivity index (χ1v) is 13.9. The predicted octanol–water partition coefficient (Wildman–Crippen LogP) is 5.01. The van der Waals surface area contributed by atoms with Crippen LogP contribution >= 0.6 is 11.6 Å². The number of aromatic nitrogens is 1. The van der Waals surface area contributed by atoms with E-state index in [9.17, 15) is 23.4 Å². The van der Waals surface area contributed by atoms with Gasteiger partial charge in [-0.3, -0.25) is 9.47 Å². The average molecular weight is 554 g/mol. The lowest BCUT2D eigenvalue weighted by molar-refractivity contribution is 0.136. The Hall–Kier alpha value is -3.73. The maximum absolute atomic E-state index is 13.8. The van der Waals surface area contributed by atoms with Crippen molar-refractivity contribution in [3.63, 3.8) is 0 Å². The summed E-state index contributed by atoms with van der Waals surface area (Å²) in [6.45, 7) is 0.559. The SMILES string of the molecule is O=C1OCc2c(Cl)cccc2N1C1CCN(S(=O)(=O)c2cccc3c(-n4c(O)ccc4O)cccc23)CC1. The molecule has 0 saturated carbocycles. The van der Waals surface area contributed by atoms with Crippen LogP contribution < -0.4 is 4.90 Å². The van der Waals surface area contributed by atoms with Crippen LogP contribution in [0.15, 0.2) is 71.6 Å². The van der Waals surface area contributed by atoms with E-state index in [1.165, 1.54) is 21.0 Å². The van der Waals surface area contributed by atoms with Crippen LogP contribution in [-0.4, -0.2) is 52.7 Å². The third-order valence-corrected chi connectivity index (χ3v) is 9.55. The number of fused-ring (bicyclic) bond motifs is 2. The Bertz CT molecular complexity index is 1660. The minimum Gasteiger partial charge on any atom is -0.494 e. The van der Waals surface area contributed by atoms with E-state index in [0.717, 1.165) is 5.56 Å². The van der Waals surface area contributed by atoms with Crippen molar-refractivity contribution in [1.29, 1.82) is 0 Å². The van der Waals surface area contributed by atoms with Gasteiger partial charge >= 0.3 is 6.09 Å². The zero-order valence-electron chi connectivity index (χ0n) is 20.1. The first-order valence-electron chi connectivity index (χ1n) is 12.1. The molecule has 38 heavy (non-hydrogen) atoms. The maximum Gasteiger partial charge on any atom is 0.414 e. The number of ether oxygens (including phenoxy) is 1. The summed E-state index contributed by atoms with van der Waals surface area (Å²) in [6.07, 6.45) is 0.405. The molecule has 0 atom stereocenters. The predicted molar refractivity (Wildman–Crippen MR) is 143 cm³/mol. The molecule has 1 fully saturated rings. The number of cyclic esters (lactones) is 1. The van der Waals surface area contributed by atoms with Crippen LogP contribution in [0.2, 0.25) is 5.02 Å². The number of anilines is 1. The van der Waals surface area contributed by atoms with Crippen molar-refractivity contribution in [2.24, 2.45) is 0 Å². The molecule has 6 rings (SSSR count). The van der Waals surface area contributed by atoms with E-state index >= 15 is 0 Å². The third kappa shape index (κ3) is 3.87. The highest BCUT2D eigenvalue weighted by atomic mass is 35.5. The van der Waals surface area contributed by atoms with Gasteiger partial charge in [-0.25, -0.2) is 13.2 Å². The monoisotopic (exact) mass is 553 g/mol. The highest BCUT2D eigenvalue weighted by Gasteiger charge is 2.38. The van der Waals surface area contributed by atoms with Crippen LogP contribution in [0.3, 0.4) is 0 Å². The van der Waals surface area contributed by atoms with Crippen molar-refractivity contribution in [3.05, 3.63) is 77.3 Å². The summed E-state index contributed by atoms with van der Waals surface area (Å²) >= 11 is 6.32. The molecule has 0 bridgehead atoms. The second-order valence-electron chi connectivity index (χ2n) is 9.31. The van der Waals surface area contributed by atoms with E-state index in [1.54, 1.807) is 53.4 Å². The molecule has 4 aromatic rings. The summed E-state index contributed by atoms with van der Waals surface area (Å²) < 4.78 is 35.7. The highest BCUT2D eigenvalue weighted by Crippen LogP contribution is 2.38. The van der Waals surface area contributed by atoms with Crippen LogP contribution in [0.4, 0.5) is 10.5 Å². The molecule has 0 aliphatic carbocycles. The number of nitrogens with zero attached hydrogens (tertiary/aromatic N) is 3. The first kappa shape index (κ1) is 24.6. The lowest BCUT2D eigenvalue weighted by Crippen LogP contribution is -2.50. The number of halogens is 1. The fourth-order valence-electron chi connectivity index (χ4n) is 5.39. The zero-order valence-corrected chi connectivity index (χ0v) is 21.7. The smallest absolute Gasteiger partial charge is 0.414 e. The number of amides is 1. The van der Waals surface area contributed by atoms with Gasteiger partial charge in [0.25, 0.3) is 0 Å². The van der Waals surface area contributed by atoms with Crippen molar-refractivity contribution in [3.8, 4) is 17.4 Å². The van der Waals surface area contributed by atoms with Crippen molar-refractivity contribution in [1.82, 2.24) is 8.87 Å². The molecule has 3 aromatic carbocycles. The van der Waals surface area contributed by atoms with Crippen molar-refractivity contribution < 1.29 is 28.2 Å². The second-order valence-corrected chi connectivity index (χ2v) is 11.6. The second kappa shape index (κ2) is 9.23. The van der Waals surface area contributed by atoms with Gasteiger partial charge in [-0.15, -0.1) is 0 Å². The number of hydrogen-bond acceptors (Lipinski definition) is 6. The van der Waals surface area contributed by atoms with Gasteiger partial charge in [0.1, 0.15) is 6.61 Å². The van der Waals surface area contributed by atoms with Gasteiger partial charge in [-0.2, -0.15) is 4.31 Å². The van der Waals surface area contributed by atoms with Gasteiger partial charge in [0.15, 0.2) is 11.8 Å². The number of carbonyl (C=O) groups is 1. The van der Waals surface area contributed by atoms with Gasteiger partial charge in [-0.1, -0.05) is 41.9 Å². The molecular formula is C27H24ClN3O6S. The largest absolute Gasteiger partial charge is 0.494 e. The Morgan fingerprint density at radius 2 is 1.47 bits per heavy atom. The fourth-order valence-corrected chi connectivity index (χ4v) is 7.29. The number of piperidine rings is 1. The zero-order chi connectivity index (χ0) is 26.6. The topological polar surface area (TPSA) is 112 Å². The maximum atomic E-state index is 13.8. The molecule has 3 heterocycles. The van der Waals surface area contributed by atoms with E-state index in [2.05, 4.69) is 0 Å². The average Bonchev–Trinajstić information content (AvgIpc) is 3.25. The molecule has 11 heteroatoms. The van der Waals surface area contributed by atoms with Crippen molar-refractivity contribution >= 4 is 44.2 Å². The Kier molecular flexibility index (Phi) is 5.97. The Morgan fingerprint density at radius 3 is 2.21 bits per heavy atom. The number of hydrogen-bond donors (Lipinski definition) is 2. The van der Waals surface area contributed by atoms with E-state index < -0.39 is 16.1 Å². The molecule has 1 saturated heterocycles. The van der Waals surface area contributed by atoms with Crippen LogP contribution in [0.1, 0.15) is 18.4 Å². The molecular weight excluding hydrogens is 530 g/mol. The van der Waals surface area contributed by atoms with Gasteiger partial charge < -0.3 is 14.9 Å². The quantitative estimate of drug-likeness (QED) is 0.367. The normalized spacial score (nSPS) is 17.0. The van der Waals surface area contributed by atoms with Gasteiger partial charge in [0.2, 0.25) is 10.0 Å². The number of aromatic hydroxyl groups is 2. The van der Waals surface area contributed by atoms with E-state index in [4.69, 9.17) is 16.3 Å². The van der Waals surface area contributed by atoms with Crippen LogP contribution in [0.5, 0.6) is 11.8 Å². The van der Waals surface area contributed by atoms with E-state index in [0.29, 0.717) is 40.0 Å². The standard InChI is InChI=1S/C27H24ClN3O6S/c28-21-6-3-8-23-20(21)16-37-27(34)30(23)17-12-14-29(15-13-17)38(35,36)24-9-2-4-18-19(24)5-1-7-22(18)31-25(32)10-11-26(31)33/h1-11,17,32-33H,12-16H2. The van der Waals surface area contributed by atoms with Crippen LogP contribution in [-0.2, 0) is 21.4 Å². The number of benzene rings is 3. The van der Waals surface area contributed by atoms with Crippen molar-refractivity contribution in [2.45, 2.75) is 30.4 Å². The molecule has 2 aliphatic rings. The number of sulfonamides is 1. The number of carbonyl (C=O) groups excluding carboxylic acids is 1. The van der Waals surface area contributed by atoms with E-state index in [1.807, 2.05) is 6.07 Å². The molecule has 0 spiro atoms. The molecule has 1 amide bonds. The van der Waals surface area contributed by atoms with Gasteiger partial charge in [0, 0.05) is 52.6 Å². The highest BCUT2D eigenvalue weighted by molar-refractivity contribution is 7.89. The van der Waals surface area contributed by atoms with Crippen LogP contribution in [0.25, 0.3) is 16.5 Å². The van der Waals surface area contributed by atoms with Crippen LogP contribution in [0, 0.1) is 0 Å².